The molecule has 0 fully saturated rings. The van der Waals surface area contributed by atoms with Crippen molar-refractivity contribution < 1.29 is 64.4 Å². The third kappa shape index (κ3) is 3.59. The summed E-state index contributed by atoms with van der Waals surface area (Å²) in [6, 6.07) is 26.5. The van der Waals surface area contributed by atoms with Gasteiger partial charge in [-0.3, -0.25) is 0 Å². The molecule has 6 heteroatoms. The zero-order valence-corrected chi connectivity index (χ0v) is 18.2. The Morgan fingerprint density at radius 2 is 0.833 bits per heavy atom. The van der Waals surface area contributed by atoms with Crippen molar-refractivity contribution >= 4 is 32.1 Å². The summed E-state index contributed by atoms with van der Waals surface area (Å²) in [4.78, 5) is 0. The summed E-state index contributed by atoms with van der Waals surface area (Å²) >= 11 is 0. The van der Waals surface area contributed by atoms with Crippen molar-refractivity contribution in [1.29, 1.82) is 0 Å². The molecule has 0 saturated heterocycles. The van der Waals surface area contributed by atoms with E-state index in [2.05, 4.69) is 0 Å². The van der Waals surface area contributed by atoms with E-state index in [1.807, 2.05) is 18.2 Å². The first-order valence-electron chi connectivity index (χ1n) is 7.19. The molecule has 0 radical (unpaired) electrons. The summed E-state index contributed by atoms with van der Waals surface area (Å²) in [6.07, 6.45) is 0. The van der Waals surface area contributed by atoms with Crippen molar-refractivity contribution in [2.24, 2.45) is 0 Å². The molecule has 3 aromatic carbocycles. The van der Waals surface area contributed by atoms with Gasteiger partial charge in [0.25, 0.3) is 0 Å². The van der Waals surface area contributed by atoms with E-state index in [0.717, 1.165) is 0 Å². The molecule has 0 bridgehead atoms. The first-order valence-corrected chi connectivity index (χ1v) is 11.3. The van der Waals surface area contributed by atoms with Crippen LogP contribution in [0.25, 0.3) is 0 Å². The topological polar surface area (TPSA) is 57.2 Å². The minimum atomic E-state index is -4.60. The fourth-order valence-electron chi connectivity index (χ4n) is 2.95. The maximum absolute atomic E-state index is 12.6. The van der Waals surface area contributed by atoms with Crippen LogP contribution in [0, 0.1) is 0 Å². The van der Waals surface area contributed by atoms with Crippen LogP contribution in [0.2, 0.25) is 0 Å². The first kappa shape index (κ1) is 20.0. The SMILES string of the molecule is O=S(=O)([O-])[PH](c1ccccc1)(c1ccccc1)c1ccccc1.[K+]. The second-order valence-electron chi connectivity index (χ2n) is 5.23. The van der Waals surface area contributed by atoms with Crippen molar-refractivity contribution in [2.45, 2.75) is 0 Å². The van der Waals surface area contributed by atoms with E-state index >= 15 is 0 Å². The number of benzene rings is 3. The normalized spacial score (nSPS) is 12.2. The van der Waals surface area contributed by atoms with Crippen LogP contribution in [-0.2, 0) is 9.74 Å². The van der Waals surface area contributed by atoms with Gasteiger partial charge in [-0.2, -0.15) is 0 Å². The predicted octanol–water partition coefficient (Wildman–Crippen LogP) is -0.823. The molecule has 3 rings (SSSR count). The molecule has 0 aromatic heterocycles. The van der Waals surface area contributed by atoms with Gasteiger partial charge in [0.05, 0.1) is 0 Å². The van der Waals surface area contributed by atoms with Crippen LogP contribution in [0.1, 0.15) is 0 Å². The molecule has 24 heavy (non-hydrogen) atoms. The molecular formula is C18H16KO3PS. The molecule has 0 aliphatic heterocycles. The Hall–Kier alpha value is -0.364. The molecule has 0 atom stereocenters. The Balaban J connectivity index is 0.00000208. The van der Waals surface area contributed by atoms with Gasteiger partial charge in [0.2, 0.25) is 0 Å². The molecule has 0 unspecified atom stereocenters. The van der Waals surface area contributed by atoms with E-state index in [1.54, 1.807) is 72.8 Å². The summed E-state index contributed by atoms with van der Waals surface area (Å²) in [5.74, 6) is 0. The van der Waals surface area contributed by atoms with Crippen LogP contribution in [-0.4, -0.2) is 13.0 Å². The van der Waals surface area contributed by atoms with Crippen molar-refractivity contribution in [3.05, 3.63) is 91.0 Å². The third-order valence-corrected chi connectivity index (χ3v) is 12.5. The van der Waals surface area contributed by atoms with Gasteiger partial charge >= 0.3 is 187 Å². The molecule has 3 aromatic rings. The molecule has 0 amide bonds. The Morgan fingerprint density at radius 1 is 0.583 bits per heavy atom. The average molecular weight is 382 g/mol. The quantitative estimate of drug-likeness (QED) is 0.337. The average Bonchev–Trinajstić information content (AvgIpc) is 2.57. The number of rotatable bonds is 4. The molecule has 0 saturated carbocycles. The Morgan fingerprint density at radius 3 is 1.04 bits per heavy atom. The summed E-state index contributed by atoms with van der Waals surface area (Å²) < 4.78 is 37.7. The minimum absolute atomic E-state index is 0. The van der Waals surface area contributed by atoms with Gasteiger partial charge in [-0.25, -0.2) is 0 Å². The van der Waals surface area contributed by atoms with Crippen LogP contribution < -0.4 is 67.3 Å². The largest absolute Gasteiger partial charge is 1.00 e. The van der Waals surface area contributed by atoms with Crippen LogP contribution in [0.4, 0.5) is 0 Å². The second-order valence-corrected chi connectivity index (χ2v) is 12.6. The van der Waals surface area contributed by atoms with Crippen molar-refractivity contribution in [3.8, 4) is 0 Å². The van der Waals surface area contributed by atoms with Gasteiger partial charge in [0.1, 0.15) is 0 Å². The van der Waals surface area contributed by atoms with E-state index in [0.29, 0.717) is 15.9 Å². The molecule has 0 aliphatic carbocycles. The van der Waals surface area contributed by atoms with Crippen LogP contribution in [0.15, 0.2) is 91.0 Å². The van der Waals surface area contributed by atoms with Crippen molar-refractivity contribution in [3.63, 3.8) is 0 Å². The van der Waals surface area contributed by atoms with Crippen molar-refractivity contribution in [1.82, 2.24) is 0 Å². The monoisotopic (exact) mass is 382 g/mol. The van der Waals surface area contributed by atoms with Crippen LogP contribution in [0.5, 0.6) is 0 Å². The molecule has 0 heterocycles. The molecule has 118 valence electrons. The van der Waals surface area contributed by atoms with Crippen LogP contribution >= 0.6 is 6.46 Å². The second kappa shape index (κ2) is 8.34. The zero-order valence-electron chi connectivity index (χ0n) is 13.3. The van der Waals surface area contributed by atoms with E-state index in [9.17, 15) is 13.0 Å². The van der Waals surface area contributed by atoms with Gasteiger partial charge in [0, 0.05) is 0 Å². The molecule has 0 spiro atoms. The first-order chi connectivity index (χ1) is 11.1. The molecular weight excluding hydrogens is 366 g/mol. The third-order valence-electron chi connectivity index (χ3n) is 3.92. The summed E-state index contributed by atoms with van der Waals surface area (Å²) in [5.41, 5.74) is 0. The predicted molar refractivity (Wildman–Crippen MR) is 96.2 cm³/mol. The Bertz CT molecular complexity index is 789. The standard InChI is InChI=1S/C18H17O3PS.K/c19-23(20,21)22(16-10-4-1-5-11-16,17-12-6-2-7-13-17)18-14-8-3-9-15-18;/h1-15,22H,(H,19,20,21);/q;+1/p-1. The maximum Gasteiger partial charge on any atom is 1.00 e. The Labute approximate surface area is 185 Å². The summed E-state index contributed by atoms with van der Waals surface area (Å²) in [5, 5.41) is 1.73. The van der Waals surface area contributed by atoms with E-state index in [4.69, 9.17) is 0 Å². The van der Waals surface area contributed by atoms with Gasteiger partial charge in [-0.1, -0.05) is 0 Å². The van der Waals surface area contributed by atoms with Crippen LogP contribution in [0.3, 0.4) is 0 Å². The number of hydrogen-bond acceptors (Lipinski definition) is 3. The number of hydrogen-bond donors (Lipinski definition) is 0. The van der Waals surface area contributed by atoms with E-state index < -0.39 is 16.2 Å². The van der Waals surface area contributed by atoms with Gasteiger partial charge in [0.15, 0.2) is 0 Å². The van der Waals surface area contributed by atoms with Gasteiger partial charge in [-0.05, 0) is 0 Å². The maximum atomic E-state index is 12.6. The minimum Gasteiger partial charge on any atom is 1.00 e. The fraction of sp³-hybridized carbons (Fsp3) is 0. The van der Waals surface area contributed by atoms with Gasteiger partial charge < -0.3 is 0 Å². The molecule has 0 aliphatic rings. The summed E-state index contributed by atoms with van der Waals surface area (Å²) in [7, 11) is -4.60. The fourth-order valence-corrected chi connectivity index (χ4v) is 10.6. The van der Waals surface area contributed by atoms with Gasteiger partial charge in [-0.15, -0.1) is 0 Å². The van der Waals surface area contributed by atoms with E-state index in [-0.39, 0.29) is 51.4 Å². The van der Waals surface area contributed by atoms with E-state index in [1.165, 1.54) is 0 Å². The molecule has 0 N–H and O–H groups in total. The van der Waals surface area contributed by atoms with Crippen molar-refractivity contribution in [2.75, 3.05) is 0 Å². The molecule has 3 nitrogen and oxygen atoms in total. The zero-order chi connectivity index (χ0) is 16.3. The Kier molecular flexibility index (Phi) is 6.94. The smallest absolute Gasteiger partial charge is 1.00 e. The summed E-state index contributed by atoms with van der Waals surface area (Å²) in [6.45, 7) is -3.71.